The molecule has 0 amide bonds. The smallest absolute Gasteiger partial charge is 0.387 e. The Kier molecular flexibility index (Phi) is 3.06. The van der Waals surface area contributed by atoms with Gasteiger partial charge in [0, 0.05) is 19.2 Å². The van der Waals surface area contributed by atoms with Crippen molar-refractivity contribution < 1.29 is 17.9 Å². The molecule has 1 rings (SSSR count). The van der Waals surface area contributed by atoms with Gasteiger partial charge in [0.15, 0.2) is 11.6 Å². The van der Waals surface area contributed by atoms with Gasteiger partial charge in [-0.2, -0.15) is 8.78 Å². The molecule has 0 aliphatic heterocycles. The molecule has 0 radical (unpaired) electrons. The fraction of sp³-hybridized carbons (Fsp3) is 0.250. The Hall–Kier alpha value is -1.59. The highest BCUT2D eigenvalue weighted by molar-refractivity contribution is 5.68. The van der Waals surface area contributed by atoms with Crippen LogP contribution in [-0.4, -0.2) is 13.7 Å². The zero-order valence-electron chi connectivity index (χ0n) is 7.35. The van der Waals surface area contributed by atoms with Crippen LogP contribution in [0.3, 0.4) is 0 Å². The molecular weight excluding hydrogens is 197 g/mol. The van der Waals surface area contributed by atoms with E-state index in [1.165, 1.54) is 7.05 Å². The predicted octanol–water partition coefficient (Wildman–Crippen LogP) is 2.05. The summed E-state index contributed by atoms with van der Waals surface area (Å²) in [7, 11) is 1.54. The molecule has 78 valence electrons. The van der Waals surface area contributed by atoms with E-state index in [1.807, 2.05) is 0 Å². The van der Waals surface area contributed by atoms with Crippen molar-refractivity contribution in [3.63, 3.8) is 0 Å². The summed E-state index contributed by atoms with van der Waals surface area (Å²) in [6.45, 7) is -3.06. The Morgan fingerprint density at radius 2 is 2.07 bits per heavy atom. The molecule has 1 aromatic rings. The zero-order chi connectivity index (χ0) is 10.7. The number of hydrogen-bond donors (Lipinski definition) is 2. The Morgan fingerprint density at radius 3 is 2.57 bits per heavy atom. The van der Waals surface area contributed by atoms with E-state index < -0.39 is 18.2 Å². The van der Waals surface area contributed by atoms with Crippen LogP contribution in [0.1, 0.15) is 0 Å². The summed E-state index contributed by atoms with van der Waals surface area (Å²) in [5, 5.41) is 2.62. The maximum Gasteiger partial charge on any atom is 0.387 e. The highest BCUT2D eigenvalue weighted by atomic mass is 19.3. The van der Waals surface area contributed by atoms with Crippen molar-refractivity contribution in [2.45, 2.75) is 6.61 Å². The largest absolute Gasteiger partial charge is 0.432 e. The monoisotopic (exact) mass is 206 g/mol. The van der Waals surface area contributed by atoms with Crippen LogP contribution in [0, 0.1) is 5.82 Å². The average Bonchev–Trinajstić information content (AvgIpc) is 2.09. The second kappa shape index (κ2) is 4.08. The number of anilines is 2. The summed E-state index contributed by atoms with van der Waals surface area (Å²) in [4.78, 5) is 0. The molecule has 3 nitrogen and oxygen atoms in total. The van der Waals surface area contributed by atoms with Gasteiger partial charge < -0.3 is 15.8 Å². The van der Waals surface area contributed by atoms with E-state index in [0.717, 1.165) is 12.1 Å². The maximum atomic E-state index is 13.0. The minimum atomic E-state index is -3.06. The number of nitrogens with two attached hydrogens (primary N) is 1. The van der Waals surface area contributed by atoms with E-state index in [9.17, 15) is 13.2 Å². The molecule has 0 aromatic heterocycles. The molecule has 0 atom stereocenters. The van der Waals surface area contributed by atoms with E-state index in [0.29, 0.717) is 5.69 Å². The van der Waals surface area contributed by atoms with Crippen molar-refractivity contribution in [2.75, 3.05) is 18.1 Å². The van der Waals surface area contributed by atoms with Gasteiger partial charge in [-0.15, -0.1) is 0 Å². The average molecular weight is 206 g/mol. The van der Waals surface area contributed by atoms with Crippen molar-refractivity contribution >= 4 is 11.4 Å². The number of alkyl halides is 2. The van der Waals surface area contributed by atoms with Gasteiger partial charge >= 0.3 is 6.61 Å². The Morgan fingerprint density at radius 1 is 1.43 bits per heavy atom. The summed E-state index contributed by atoms with van der Waals surface area (Å²) < 4.78 is 40.5. The lowest BCUT2D eigenvalue weighted by atomic mass is 10.2. The van der Waals surface area contributed by atoms with Crippen LogP contribution in [0.15, 0.2) is 12.1 Å². The minimum Gasteiger partial charge on any atom is -0.432 e. The maximum absolute atomic E-state index is 13.0. The van der Waals surface area contributed by atoms with E-state index in [-0.39, 0.29) is 5.69 Å². The molecule has 0 unspecified atom stereocenters. The van der Waals surface area contributed by atoms with Crippen molar-refractivity contribution in [2.24, 2.45) is 0 Å². The SMILES string of the molecule is CNc1cc(OC(F)F)c(F)cc1N. The predicted molar refractivity (Wildman–Crippen MR) is 47.0 cm³/mol. The van der Waals surface area contributed by atoms with Crippen LogP contribution in [0.4, 0.5) is 24.5 Å². The Bertz CT molecular complexity index is 331. The van der Waals surface area contributed by atoms with Gasteiger partial charge in [-0.05, 0) is 0 Å². The summed E-state index contributed by atoms with van der Waals surface area (Å²) in [5.74, 6) is -1.44. The molecule has 0 fully saturated rings. The molecule has 3 N–H and O–H groups in total. The number of halogens is 3. The molecule has 1 aromatic carbocycles. The third-order valence-corrected chi connectivity index (χ3v) is 1.59. The van der Waals surface area contributed by atoms with Gasteiger partial charge in [0.25, 0.3) is 0 Å². The molecule has 0 heterocycles. The van der Waals surface area contributed by atoms with Crippen molar-refractivity contribution in [1.82, 2.24) is 0 Å². The molecule has 0 saturated heterocycles. The normalized spacial score (nSPS) is 10.4. The molecule has 0 saturated carbocycles. The third kappa shape index (κ3) is 2.21. The number of hydrogen-bond acceptors (Lipinski definition) is 3. The Balaban J connectivity index is 3.04. The molecule has 6 heteroatoms. The van der Waals surface area contributed by atoms with Crippen LogP contribution >= 0.6 is 0 Å². The van der Waals surface area contributed by atoms with E-state index in [2.05, 4.69) is 10.1 Å². The lowest BCUT2D eigenvalue weighted by Gasteiger charge is -2.10. The van der Waals surface area contributed by atoms with E-state index in [4.69, 9.17) is 5.73 Å². The third-order valence-electron chi connectivity index (χ3n) is 1.59. The van der Waals surface area contributed by atoms with Gasteiger partial charge in [0.1, 0.15) is 0 Å². The fourth-order valence-electron chi connectivity index (χ4n) is 0.972. The number of rotatable bonds is 3. The minimum absolute atomic E-state index is 0.131. The molecule has 0 aliphatic carbocycles. The quantitative estimate of drug-likeness (QED) is 0.744. The molecule has 14 heavy (non-hydrogen) atoms. The first-order chi connectivity index (χ1) is 6.54. The highest BCUT2D eigenvalue weighted by Gasteiger charge is 2.12. The topological polar surface area (TPSA) is 47.3 Å². The van der Waals surface area contributed by atoms with Crippen molar-refractivity contribution in [1.29, 1.82) is 0 Å². The summed E-state index contributed by atoms with van der Waals surface area (Å²) >= 11 is 0. The first kappa shape index (κ1) is 10.5. The number of nitrogen functional groups attached to an aromatic ring is 1. The summed E-state index contributed by atoms with van der Waals surface area (Å²) in [5.41, 5.74) is 5.85. The highest BCUT2D eigenvalue weighted by Crippen LogP contribution is 2.28. The molecular formula is C8H9F3N2O. The second-order valence-electron chi connectivity index (χ2n) is 2.50. The molecule has 0 spiro atoms. The van der Waals surface area contributed by atoms with E-state index >= 15 is 0 Å². The summed E-state index contributed by atoms with van der Waals surface area (Å²) in [6, 6.07) is 2.00. The molecule has 0 aliphatic rings. The number of benzene rings is 1. The number of ether oxygens (including phenoxy) is 1. The van der Waals surface area contributed by atoms with Crippen LogP contribution in [-0.2, 0) is 0 Å². The van der Waals surface area contributed by atoms with E-state index in [1.54, 1.807) is 0 Å². The standard InChI is InChI=1S/C8H9F3N2O/c1-13-6-3-7(14-8(10)11)4(9)2-5(6)12/h2-3,8,13H,12H2,1H3. The van der Waals surface area contributed by atoms with Gasteiger partial charge in [0.2, 0.25) is 0 Å². The van der Waals surface area contributed by atoms with Gasteiger partial charge in [0.05, 0.1) is 11.4 Å². The lowest BCUT2D eigenvalue weighted by molar-refractivity contribution is -0.0521. The van der Waals surface area contributed by atoms with Gasteiger partial charge in [-0.1, -0.05) is 0 Å². The first-order valence-electron chi connectivity index (χ1n) is 3.76. The Labute approximate surface area is 78.7 Å². The van der Waals surface area contributed by atoms with Gasteiger partial charge in [-0.25, -0.2) is 4.39 Å². The second-order valence-corrected chi connectivity index (χ2v) is 2.50. The van der Waals surface area contributed by atoms with Crippen molar-refractivity contribution in [3.8, 4) is 5.75 Å². The first-order valence-corrected chi connectivity index (χ1v) is 3.76. The van der Waals surface area contributed by atoms with Crippen LogP contribution < -0.4 is 15.8 Å². The van der Waals surface area contributed by atoms with Crippen LogP contribution in [0.25, 0.3) is 0 Å². The lowest BCUT2D eigenvalue weighted by Crippen LogP contribution is -2.05. The van der Waals surface area contributed by atoms with Crippen molar-refractivity contribution in [3.05, 3.63) is 17.9 Å². The molecule has 0 bridgehead atoms. The van der Waals surface area contributed by atoms with Crippen LogP contribution in [0.5, 0.6) is 5.75 Å². The zero-order valence-corrected chi connectivity index (χ0v) is 7.35. The van der Waals surface area contributed by atoms with Crippen LogP contribution in [0.2, 0.25) is 0 Å². The fourth-order valence-corrected chi connectivity index (χ4v) is 0.972. The van der Waals surface area contributed by atoms with Gasteiger partial charge in [-0.3, -0.25) is 0 Å². The summed E-state index contributed by atoms with van der Waals surface area (Å²) in [6.07, 6.45) is 0. The number of nitrogens with one attached hydrogen (secondary N) is 1.